The summed E-state index contributed by atoms with van der Waals surface area (Å²) in [5, 5.41) is 21.0. The first-order chi connectivity index (χ1) is 9.50. The van der Waals surface area contributed by atoms with Crippen LogP contribution in [0, 0.1) is 22.7 Å². The molecule has 0 aromatic heterocycles. The first-order valence-corrected chi connectivity index (χ1v) is 6.23. The predicted octanol–water partition coefficient (Wildman–Crippen LogP) is 4.01. The zero-order valence-corrected chi connectivity index (χ0v) is 10.5. The van der Waals surface area contributed by atoms with Gasteiger partial charge in [0, 0.05) is 4.90 Å². The lowest BCUT2D eigenvalue weighted by atomic mass is 10.2. The molecule has 0 aliphatic carbocycles. The van der Waals surface area contributed by atoms with Gasteiger partial charge in [0.2, 0.25) is 0 Å². The Morgan fingerprint density at radius 1 is 1.10 bits per heavy atom. The van der Waals surface area contributed by atoms with Gasteiger partial charge >= 0.3 is 0 Å². The second-order valence-corrected chi connectivity index (χ2v) is 5.04. The molecule has 0 spiro atoms. The van der Waals surface area contributed by atoms with E-state index in [1.165, 1.54) is 0 Å². The summed E-state index contributed by atoms with van der Waals surface area (Å²) in [6, 6.07) is 6.66. The zero-order valence-electron chi connectivity index (χ0n) is 9.65. The number of anilines is 3. The lowest BCUT2D eigenvalue weighted by Crippen LogP contribution is -2.16. The maximum atomic E-state index is 14.1. The minimum Gasteiger partial charge on any atom is -0.733 e. The third kappa shape index (κ3) is 1.80. The average Bonchev–Trinajstić information content (AvgIpc) is 2.43. The van der Waals surface area contributed by atoms with Crippen LogP contribution in [0.5, 0.6) is 0 Å². The van der Waals surface area contributed by atoms with Crippen molar-refractivity contribution < 1.29 is 18.4 Å². The average molecular weight is 299 g/mol. The number of hydrogen-bond acceptors (Lipinski definition) is 5. The Labute approximate surface area is 115 Å². The largest absolute Gasteiger partial charge is 0.733 e. The fraction of sp³-hybridized carbons (Fsp3) is 0. The topological polar surface area (TPSA) is 58.6 Å². The van der Waals surface area contributed by atoms with Gasteiger partial charge in [-0.15, -0.1) is 0 Å². The molecular formula is C12H6F3N2O2S-. The Bertz CT molecular complexity index is 710. The van der Waals surface area contributed by atoms with Crippen molar-refractivity contribution in [1.29, 1.82) is 0 Å². The van der Waals surface area contributed by atoms with Crippen molar-refractivity contribution in [2.24, 2.45) is 0 Å². The summed E-state index contributed by atoms with van der Waals surface area (Å²) in [5.74, 6) is -4.47. The molecule has 1 aliphatic heterocycles. The number of hydrogen-bond donors (Lipinski definition) is 2. The van der Waals surface area contributed by atoms with E-state index in [-0.39, 0.29) is 10.6 Å². The standard InChI is InChI=1S/C12H6F3N2O2S/c13-7-8(14)12-10(9(15)11(7)17(18)19)16-5-3-1-2-4-6(5)20-12/h1-4,16,18H/q-1. The highest BCUT2D eigenvalue weighted by Crippen LogP contribution is 2.49. The van der Waals surface area contributed by atoms with E-state index in [1.54, 1.807) is 24.3 Å². The maximum Gasteiger partial charge on any atom is 0.187 e. The van der Waals surface area contributed by atoms with Gasteiger partial charge in [-0.3, -0.25) is 5.21 Å². The molecule has 2 aromatic carbocycles. The highest BCUT2D eigenvalue weighted by molar-refractivity contribution is 7.99. The Morgan fingerprint density at radius 3 is 2.50 bits per heavy atom. The van der Waals surface area contributed by atoms with Gasteiger partial charge < -0.3 is 15.8 Å². The van der Waals surface area contributed by atoms with Crippen LogP contribution in [0.3, 0.4) is 0 Å². The molecule has 0 amide bonds. The monoisotopic (exact) mass is 299 g/mol. The zero-order chi connectivity index (χ0) is 14.4. The molecule has 4 nitrogen and oxygen atoms in total. The molecule has 1 aliphatic rings. The van der Waals surface area contributed by atoms with E-state index in [0.29, 0.717) is 10.6 Å². The maximum absolute atomic E-state index is 14.1. The van der Waals surface area contributed by atoms with Crippen LogP contribution in [0.25, 0.3) is 0 Å². The van der Waals surface area contributed by atoms with Crippen LogP contribution in [0.1, 0.15) is 0 Å². The van der Waals surface area contributed by atoms with E-state index in [4.69, 9.17) is 5.21 Å². The minimum atomic E-state index is -1.73. The summed E-state index contributed by atoms with van der Waals surface area (Å²) >= 11 is 0.838. The van der Waals surface area contributed by atoms with Crippen molar-refractivity contribution in [3.05, 3.63) is 46.9 Å². The van der Waals surface area contributed by atoms with Gasteiger partial charge in [-0.1, -0.05) is 23.9 Å². The summed E-state index contributed by atoms with van der Waals surface area (Å²) in [4.78, 5) is 0.290. The molecule has 3 rings (SSSR count). The molecule has 0 saturated heterocycles. The second-order valence-electron chi connectivity index (χ2n) is 3.99. The molecule has 2 aromatic rings. The van der Waals surface area contributed by atoms with Crippen molar-refractivity contribution in [3.8, 4) is 0 Å². The van der Waals surface area contributed by atoms with E-state index in [9.17, 15) is 18.4 Å². The molecule has 0 fully saturated rings. The number of fused-ring (bicyclic) bond motifs is 2. The van der Waals surface area contributed by atoms with E-state index in [2.05, 4.69) is 5.32 Å². The van der Waals surface area contributed by atoms with Crippen LogP contribution in [0.4, 0.5) is 30.2 Å². The molecule has 0 bridgehead atoms. The van der Waals surface area contributed by atoms with Crippen LogP contribution < -0.4 is 10.5 Å². The minimum absolute atomic E-state index is 0.302. The molecule has 20 heavy (non-hydrogen) atoms. The van der Waals surface area contributed by atoms with E-state index < -0.39 is 28.4 Å². The Kier molecular flexibility index (Phi) is 3.00. The van der Waals surface area contributed by atoms with Gasteiger partial charge in [0.15, 0.2) is 17.5 Å². The van der Waals surface area contributed by atoms with Crippen LogP contribution in [-0.2, 0) is 0 Å². The van der Waals surface area contributed by atoms with E-state index in [0.717, 1.165) is 11.8 Å². The Hall–Kier alpha value is -1.90. The van der Waals surface area contributed by atoms with Gasteiger partial charge in [0.1, 0.15) is 5.69 Å². The summed E-state index contributed by atoms with van der Waals surface area (Å²) in [7, 11) is 0. The van der Waals surface area contributed by atoms with E-state index >= 15 is 0 Å². The molecule has 8 heteroatoms. The number of rotatable bonds is 1. The van der Waals surface area contributed by atoms with Gasteiger partial charge in [0.05, 0.1) is 16.3 Å². The molecule has 1 heterocycles. The van der Waals surface area contributed by atoms with Crippen LogP contribution in [0.2, 0.25) is 0 Å². The number of halogens is 3. The van der Waals surface area contributed by atoms with Crippen molar-refractivity contribution in [3.63, 3.8) is 0 Å². The number of para-hydroxylation sites is 1. The molecule has 104 valence electrons. The molecule has 0 radical (unpaired) electrons. The number of benzene rings is 2. The lowest BCUT2D eigenvalue weighted by Gasteiger charge is -2.28. The summed E-state index contributed by atoms with van der Waals surface area (Å²) in [5.41, 5.74) is -1.26. The second kappa shape index (κ2) is 4.58. The molecular weight excluding hydrogens is 293 g/mol. The summed E-state index contributed by atoms with van der Waals surface area (Å²) in [6.07, 6.45) is 0. The van der Waals surface area contributed by atoms with Gasteiger partial charge in [-0.2, -0.15) is 0 Å². The van der Waals surface area contributed by atoms with Crippen molar-refractivity contribution in [1.82, 2.24) is 0 Å². The summed E-state index contributed by atoms with van der Waals surface area (Å²) < 4.78 is 41.6. The fourth-order valence-corrected chi connectivity index (χ4v) is 2.92. The van der Waals surface area contributed by atoms with Gasteiger partial charge in [-0.05, 0) is 12.1 Å². The molecule has 0 saturated carbocycles. The number of nitrogens with one attached hydrogen (secondary N) is 1. The van der Waals surface area contributed by atoms with Crippen LogP contribution in [0.15, 0.2) is 34.1 Å². The highest BCUT2D eigenvalue weighted by atomic mass is 32.2. The quantitative estimate of drug-likeness (QED) is 0.525. The van der Waals surface area contributed by atoms with Gasteiger partial charge in [-0.25, -0.2) is 13.2 Å². The number of nitrogens with zero attached hydrogens (tertiary/aromatic N) is 1. The third-order valence-corrected chi connectivity index (χ3v) is 3.97. The SMILES string of the molecule is [O-]N(O)c1c(F)c(F)c2c(c1F)Nc1ccccc1S2. The fourth-order valence-electron chi connectivity index (χ4n) is 1.91. The predicted molar refractivity (Wildman–Crippen MR) is 67.8 cm³/mol. The molecule has 2 N–H and O–H groups in total. The van der Waals surface area contributed by atoms with Gasteiger partial charge in [0.25, 0.3) is 0 Å². The lowest BCUT2D eigenvalue weighted by molar-refractivity contribution is 0.285. The first kappa shape index (κ1) is 13.1. The van der Waals surface area contributed by atoms with Crippen LogP contribution in [-0.4, -0.2) is 5.21 Å². The first-order valence-electron chi connectivity index (χ1n) is 5.41. The van der Waals surface area contributed by atoms with Crippen molar-refractivity contribution in [2.75, 3.05) is 10.5 Å². The molecule has 0 atom stereocenters. The highest BCUT2D eigenvalue weighted by Gasteiger charge is 2.29. The van der Waals surface area contributed by atoms with Crippen molar-refractivity contribution in [2.45, 2.75) is 9.79 Å². The smallest absolute Gasteiger partial charge is 0.187 e. The molecule has 0 unspecified atom stereocenters. The Morgan fingerprint density at radius 2 is 1.80 bits per heavy atom. The summed E-state index contributed by atoms with van der Waals surface area (Å²) in [6.45, 7) is 0. The van der Waals surface area contributed by atoms with Crippen LogP contribution >= 0.6 is 11.8 Å². The van der Waals surface area contributed by atoms with Crippen molar-refractivity contribution >= 4 is 28.8 Å². The third-order valence-electron chi connectivity index (χ3n) is 2.80. The van der Waals surface area contributed by atoms with E-state index in [1.807, 2.05) is 0 Å². The normalized spacial score (nSPS) is 12.4. The Balaban J connectivity index is 2.24.